The number of carbonyl (C=O) groups is 2. The van der Waals surface area contributed by atoms with Gasteiger partial charge in [0, 0.05) is 22.4 Å². The van der Waals surface area contributed by atoms with Crippen molar-refractivity contribution in [1.29, 1.82) is 0 Å². The van der Waals surface area contributed by atoms with Crippen LogP contribution in [0.2, 0.25) is 0 Å². The van der Waals surface area contributed by atoms with Crippen LogP contribution in [0.4, 0.5) is 15.2 Å². The van der Waals surface area contributed by atoms with Gasteiger partial charge in [-0.3, -0.25) is 14.9 Å². The van der Waals surface area contributed by atoms with Crippen LogP contribution in [0.1, 0.15) is 16.1 Å². The normalized spacial score (nSPS) is 10.4. The molecule has 2 aromatic carbocycles. The average molecular weight is 432 g/mol. The van der Waals surface area contributed by atoms with Crippen molar-refractivity contribution in [1.82, 2.24) is 4.98 Å². The van der Waals surface area contributed by atoms with Crippen LogP contribution in [-0.4, -0.2) is 29.7 Å². The Bertz CT molecular complexity index is 993. The van der Waals surface area contributed by atoms with Gasteiger partial charge >= 0.3 is 0 Å². The Hall–Kier alpha value is -2.91. The zero-order chi connectivity index (χ0) is 20.6. The van der Waals surface area contributed by atoms with Gasteiger partial charge in [0.05, 0.1) is 18.6 Å². The van der Waals surface area contributed by atoms with E-state index in [-0.39, 0.29) is 17.2 Å². The van der Waals surface area contributed by atoms with Crippen LogP contribution < -0.4 is 15.4 Å². The van der Waals surface area contributed by atoms with Crippen molar-refractivity contribution in [3.63, 3.8) is 0 Å². The van der Waals surface area contributed by atoms with Crippen molar-refractivity contribution >= 4 is 45.7 Å². The summed E-state index contributed by atoms with van der Waals surface area (Å²) in [4.78, 5) is 28.5. The third kappa shape index (κ3) is 6.30. The number of anilines is 2. The van der Waals surface area contributed by atoms with Crippen LogP contribution >= 0.6 is 23.1 Å². The molecule has 0 aliphatic heterocycles. The smallest absolute Gasteiger partial charge is 0.257 e. The van der Waals surface area contributed by atoms with Gasteiger partial charge in [-0.25, -0.2) is 9.37 Å². The van der Waals surface area contributed by atoms with E-state index in [0.717, 1.165) is 11.4 Å². The molecule has 0 fully saturated rings. The van der Waals surface area contributed by atoms with Gasteiger partial charge in [-0.1, -0.05) is 6.07 Å². The molecular formula is C20H18FN3O3S2. The van der Waals surface area contributed by atoms with Crippen LogP contribution in [0, 0.1) is 5.82 Å². The first-order valence-corrected chi connectivity index (χ1v) is 10.6. The van der Waals surface area contributed by atoms with E-state index in [1.165, 1.54) is 47.4 Å². The number of nitrogens with one attached hydrogen (secondary N) is 2. The molecule has 0 saturated heterocycles. The van der Waals surface area contributed by atoms with Gasteiger partial charge in [0.25, 0.3) is 5.91 Å². The molecule has 0 unspecified atom stereocenters. The standard InChI is InChI=1S/C20H18FN3O3S2/c1-27-17-7-5-15(6-8-17)22-18(25)12-28-10-16-11-29-20(23-16)24-19(26)13-3-2-4-14(21)9-13/h2-9,11H,10,12H2,1H3,(H,22,25)(H,23,24,26). The average Bonchev–Trinajstić information content (AvgIpc) is 3.15. The number of amides is 2. The minimum atomic E-state index is -0.471. The molecule has 1 heterocycles. The minimum Gasteiger partial charge on any atom is -0.497 e. The number of hydrogen-bond acceptors (Lipinski definition) is 6. The van der Waals surface area contributed by atoms with Gasteiger partial charge in [-0.2, -0.15) is 0 Å². The van der Waals surface area contributed by atoms with E-state index in [1.54, 1.807) is 31.4 Å². The number of methoxy groups -OCH3 is 1. The summed E-state index contributed by atoms with van der Waals surface area (Å²) in [5, 5.41) is 7.71. The van der Waals surface area contributed by atoms with Crippen molar-refractivity contribution in [2.75, 3.05) is 23.5 Å². The molecule has 2 N–H and O–H groups in total. The van der Waals surface area contributed by atoms with Gasteiger partial charge in [0.1, 0.15) is 11.6 Å². The lowest BCUT2D eigenvalue weighted by molar-refractivity contribution is -0.113. The molecule has 0 radical (unpaired) electrons. The van der Waals surface area contributed by atoms with Crippen LogP contribution in [0.5, 0.6) is 5.75 Å². The van der Waals surface area contributed by atoms with Crippen molar-refractivity contribution in [2.45, 2.75) is 5.75 Å². The van der Waals surface area contributed by atoms with E-state index in [9.17, 15) is 14.0 Å². The summed E-state index contributed by atoms with van der Waals surface area (Å²) in [5.74, 6) is 0.520. The molecular weight excluding hydrogens is 413 g/mol. The molecule has 2 amide bonds. The maximum absolute atomic E-state index is 13.2. The Kier molecular flexibility index (Phi) is 7.20. The zero-order valence-electron chi connectivity index (χ0n) is 15.5. The molecule has 0 aliphatic rings. The van der Waals surface area contributed by atoms with E-state index < -0.39 is 11.7 Å². The number of rotatable bonds is 8. The molecule has 0 atom stereocenters. The number of nitrogens with zero attached hydrogens (tertiary/aromatic N) is 1. The quantitative estimate of drug-likeness (QED) is 0.552. The zero-order valence-corrected chi connectivity index (χ0v) is 17.1. The first-order chi connectivity index (χ1) is 14.0. The fourth-order valence-corrected chi connectivity index (χ4v) is 3.88. The largest absolute Gasteiger partial charge is 0.497 e. The highest BCUT2D eigenvalue weighted by atomic mass is 32.2. The van der Waals surface area contributed by atoms with E-state index in [0.29, 0.717) is 16.6 Å². The first kappa shape index (κ1) is 20.8. The second kappa shape index (κ2) is 10.0. The summed E-state index contributed by atoms with van der Waals surface area (Å²) >= 11 is 2.70. The molecule has 6 nitrogen and oxygen atoms in total. The maximum atomic E-state index is 13.2. The molecule has 3 aromatic rings. The number of hydrogen-bond donors (Lipinski definition) is 2. The number of aromatic nitrogens is 1. The van der Waals surface area contributed by atoms with Crippen molar-refractivity contribution in [3.05, 3.63) is 71.0 Å². The summed E-state index contributed by atoms with van der Waals surface area (Å²) < 4.78 is 18.3. The van der Waals surface area contributed by atoms with Gasteiger partial charge in [0.2, 0.25) is 5.91 Å². The van der Waals surface area contributed by atoms with Crippen LogP contribution in [-0.2, 0) is 10.5 Å². The lowest BCUT2D eigenvalue weighted by Crippen LogP contribution is -2.14. The van der Waals surface area contributed by atoms with Crippen LogP contribution in [0.3, 0.4) is 0 Å². The summed E-state index contributed by atoms with van der Waals surface area (Å²) in [7, 11) is 1.58. The van der Waals surface area contributed by atoms with Gasteiger partial charge in [-0.15, -0.1) is 23.1 Å². The number of thiazole rings is 1. The topological polar surface area (TPSA) is 80.3 Å². The Balaban J connectivity index is 1.44. The molecule has 3 rings (SSSR count). The highest BCUT2D eigenvalue weighted by molar-refractivity contribution is 7.99. The minimum absolute atomic E-state index is 0.116. The van der Waals surface area contributed by atoms with Crippen LogP contribution in [0.15, 0.2) is 53.9 Å². The molecule has 0 spiro atoms. The second-order valence-corrected chi connectivity index (χ2v) is 7.72. The number of carbonyl (C=O) groups excluding carboxylic acids is 2. The Labute approximate surface area is 175 Å². The fourth-order valence-electron chi connectivity index (χ4n) is 2.35. The van der Waals surface area contributed by atoms with Gasteiger partial charge < -0.3 is 10.1 Å². The highest BCUT2D eigenvalue weighted by Crippen LogP contribution is 2.21. The predicted octanol–water partition coefficient (Wildman–Crippen LogP) is 4.42. The van der Waals surface area contributed by atoms with Gasteiger partial charge in [-0.05, 0) is 42.5 Å². The maximum Gasteiger partial charge on any atom is 0.257 e. The van der Waals surface area contributed by atoms with Gasteiger partial charge in [0.15, 0.2) is 5.13 Å². The summed E-state index contributed by atoms with van der Waals surface area (Å²) in [5.41, 5.74) is 1.69. The lowest BCUT2D eigenvalue weighted by Gasteiger charge is -2.06. The Morgan fingerprint density at radius 2 is 1.97 bits per heavy atom. The van der Waals surface area contributed by atoms with E-state index >= 15 is 0 Å². The molecule has 9 heteroatoms. The summed E-state index contributed by atoms with van der Waals surface area (Å²) in [6.45, 7) is 0. The lowest BCUT2D eigenvalue weighted by atomic mass is 10.2. The molecule has 0 saturated carbocycles. The summed E-state index contributed by atoms with van der Waals surface area (Å²) in [6.07, 6.45) is 0. The van der Waals surface area contributed by atoms with Crippen molar-refractivity contribution < 1.29 is 18.7 Å². The third-order valence-corrected chi connectivity index (χ3v) is 5.49. The predicted molar refractivity (Wildman–Crippen MR) is 114 cm³/mol. The van der Waals surface area contributed by atoms with E-state index in [4.69, 9.17) is 4.74 Å². The number of thioether (sulfide) groups is 1. The molecule has 0 aliphatic carbocycles. The summed E-state index contributed by atoms with van der Waals surface area (Å²) in [6, 6.07) is 12.6. The second-order valence-electron chi connectivity index (χ2n) is 5.88. The molecule has 150 valence electrons. The van der Waals surface area contributed by atoms with Crippen molar-refractivity contribution in [2.24, 2.45) is 0 Å². The SMILES string of the molecule is COc1ccc(NC(=O)CSCc2csc(NC(=O)c3cccc(F)c3)n2)cc1. The molecule has 29 heavy (non-hydrogen) atoms. The Morgan fingerprint density at radius 1 is 1.17 bits per heavy atom. The monoisotopic (exact) mass is 431 g/mol. The molecule has 1 aromatic heterocycles. The highest BCUT2D eigenvalue weighted by Gasteiger charge is 2.10. The number of halogens is 1. The number of benzene rings is 2. The van der Waals surface area contributed by atoms with Crippen molar-refractivity contribution in [3.8, 4) is 5.75 Å². The molecule has 0 bridgehead atoms. The fraction of sp³-hybridized carbons (Fsp3) is 0.150. The van der Waals surface area contributed by atoms with E-state index in [2.05, 4.69) is 15.6 Å². The first-order valence-electron chi connectivity index (χ1n) is 8.56. The Morgan fingerprint density at radius 3 is 2.69 bits per heavy atom. The number of ether oxygens (including phenoxy) is 1. The van der Waals surface area contributed by atoms with Crippen LogP contribution in [0.25, 0.3) is 0 Å². The third-order valence-electron chi connectivity index (χ3n) is 3.72. The van der Waals surface area contributed by atoms with E-state index in [1.807, 2.05) is 5.38 Å².